The molecule has 0 saturated carbocycles. The van der Waals surface area contributed by atoms with Crippen LogP contribution in [0.15, 0.2) is 53.0 Å². The lowest BCUT2D eigenvalue weighted by molar-refractivity contribution is 0.447. The largest absolute Gasteiger partial charge is 0.204 e. The number of benzene rings is 3. The maximum atomic E-state index is 13.3. The molecule has 3 aromatic rings. The van der Waals surface area contributed by atoms with Crippen molar-refractivity contribution in [3.8, 4) is 11.1 Å². The molecule has 0 heterocycles. The van der Waals surface area contributed by atoms with Gasteiger partial charge in [0.15, 0.2) is 17.5 Å². The number of hydrogen-bond donors (Lipinski definition) is 0. The molecule has 5 rings (SSSR count). The molecule has 3 aromatic carbocycles. The van der Waals surface area contributed by atoms with Gasteiger partial charge in [-0.2, -0.15) is 0 Å². The fourth-order valence-corrected chi connectivity index (χ4v) is 5.10. The normalized spacial score (nSPS) is 14.9. The van der Waals surface area contributed by atoms with Crippen LogP contribution in [0.4, 0.5) is 13.2 Å². The third kappa shape index (κ3) is 4.49. The molecule has 0 aliphatic heterocycles. The zero-order chi connectivity index (χ0) is 21.1. The zero-order valence-corrected chi connectivity index (χ0v) is 18.4. The summed E-state index contributed by atoms with van der Waals surface area (Å²) in [5, 5.41) is 0. The third-order valence-corrected chi connectivity index (χ3v) is 6.77. The highest BCUT2D eigenvalue weighted by Crippen LogP contribution is 2.33. The van der Waals surface area contributed by atoms with E-state index in [1.165, 1.54) is 35.7 Å². The van der Waals surface area contributed by atoms with E-state index in [4.69, 9.17) is 0 Å². The van der Waals surface area contributed by atoms with Crippen LogP contribution in [0, 0.1) is 17.5 Å². The van der Waals surface area contributed by atoms with E-state index in [2.05, 4.69) is 34.1 Å². The summed E-state index contributed by atoms with van der Waals surface area (Å²) in [5.74, 6) is -3.68. The van der Waals surface area contributed by atoms with Gasteiger partial charge in [0.05, 0.1) is 0 Å². The minimum atomic E-state index is -1.41. The second kappa shape index (κ2) is 9.38. The van der Waals surface area contributed by atoms with Crippen molar-refractivity contribution in [3.63, 3.8) is 0 Å². The summed E-state index contributed by atoms with van der Waals surface area (Å²) in [6.45, 7) is 0. The first-order valence-corrected chi connectivity index (χ1v) is 11.4. The molecule has 0 amide bonds. The van der Waals surface area contributed by atoms with E-state index in [1.807, 2.05) is 18.2 Å². The summed E-state index contributed by atoms with van der Waals surface area (Å²) < 4.78 is 41.0. The lowest BCUT2D eigenvalue weighted by Crippen LogP contribution is -2.04. The van der Waals surface area contributed by atoms with Crippen molar-refractivity contribution in [2.24, 2.45) is 0 Å². The summed E-state index contributed by atoms with van der Waals surface area (Å²) >= 11 is 3.58. The van der Waals surface area contributed by atoms with Gasteiger partial charge in [-0.15, -0.1) is 0 Å². The van der Waals surface area contributed by atoms with Crippen molar-refractivity contribution in [2.45, 2.75) is 51.4 Å². The molecule has 2 aliphatic rings. The minimum Gasteiger partial charge on any atom is -0.204 e. The van der Waals surface area contributed by atoms with Crippen LogP contribution in [-0.2, 0) is 25.7 Å². The monoisotopic (exact) mass is 472 g/mol. The smallest absolute Gasteiger partial charge is 0.194 e. The van der Waals surface area contributed by atoms with Gasteiger partial charge in [-0.1, -0.05) is 46.3 Å². The Balaban J connectivity index is 0.000000168. The minimum absolute atomic E-state index is 0.412. The molecule has 30 heavy (non-hydrogen) atoms. The molecule has 0 aromatic heterocycles. The highest BCUT2D eigenvalue weighted by Gasteiger charge is 2.17. The third-order valence-electron chi connectivity index (χ3n) is 6.03. The first-order chi connectivity index (χ1) is 14.5. The van der Waals surface area contributed by atoms with Crippen LogP contribution >= 0.6 is 15.9 Å². The van der Waals surface area contributed by atoms with Crippen LogP contribution in [0.3, 0.4) is 0 Å². The maximum Gasteiger partial charge on any atom is 0.194 e. The molecule has 0 atom stereocenters. The van der Waals surface area contributed by atoms with Crippen LogP contribution in [0.5, 0.6) is 0 Å². The molecule has 2 aliphatic carbocycles. The van der Waals surface area contributed by atoms with Gasteiger partial charge in [-0.05, 0) is 103 Å². The van der Waals surface area contributed by atoms with Gasteiger partial charge in [0, 0.05) is 4.47 Å². The van der Waals surface area contributed by atoms with Crippen LogP contribution < -0.4 is 0 Å². The van der Waals surface area contributed by atoms with Crippen LogP contribution in [0.2, 0.25) is 0 Å². The van der Waals surface area contributed by atoms with Gasteiger partial charge in [0.25, 0.3) is 0 Å². The zero-order valence-electron chi connectivity index (χ0n) is 16.8. The quantitative estimate of drug-likeness (QED) is 0.315. The van der Waals surface area contributed by atoms with Gasteiger partial charge in [0.2, 0.25) is 0 Å². The Bertz CT molecular complexity index is 1040. The van der Waals surface area contributed by atoms with Gasteiger partial charge in [0.1, 0.15) is 0 Å². The van der Waals surface area contributed by atoms with E-state index in [1.54, 1.807) is 11.1 Å². The Labute approximate surface area is 184 Å². The molecule has 0 saturated heterocycles. The summed E-state index contributed by atoms with van der Waals surface area (Å²) in [5.41, 5.74) is 6.68. The number of halogens is 4. The number of rotatable bonds is 1. The molecule has 156 valence electrons. The average molecular weight is 473 g/mol. The van der Waals surface area contributed by atoms with E-state index in [-0.39, 0.29) is 0 Å². The number of hydrogen-bond acceptors (Lipinski definition) is 0. The Kier molecular flexibility index (Phi) is 6.62. The van der Waals surface area contributed by atoms with Crippen molar-refractivity contribution in [1.82, 2.24) is 0 Å². The lowest BCUT2D eigenvalue weighted by atomic mass is 9.86. The van der Waals surface area contributed by atoms with Gasteiger partial charge < -0.3 is 0 Å². The average Bonchev–Trinajstić information content (AvgIpc) is 2.77. The SMILES string of the molecule is Brc1cccc2c1CCCC2.Fc1cc(-c2cccc3c2CCCC3)cc(F)c1F. The highest BCUT2D eigenvalue weighted by atomic mass is 79.9. The van der Waals surface area contributed by atoms with Crippen molar-refractivity contribution in [1.29, 1.82) is 0 Å². The van der Waals surface area contributed by atoms with Crippen LogP contribution in [0.1, 0.15) is 47.9 Å². The standard InChI is InChI=1S/C16H13F3.C10H11Br/c17-14-8-11(9-15(18)16(14)19)13-7-3-5-10-4-1-2-6-12(10)13;11-10-7-3-5-8-4-1-2-6-9(8)10/h3,5,7-9H,1-2,4,6H2;3,5,7H,1-2,4,6H2. The fourth-order valence-electron chi connectivity index (χ4n) is 4.50. The molecular formula is C26H24BrF3. The van der Waals surface area contributed by atoms with E-state index in [0.717, 1.165) is 48.9 Å². The van der Waals surface area contributed by atoms with Crippen molar-refractivity contribution < 1.29 is 13.2 Å². The maximum absolute atomic E-state index is 13.3. The van der Waals surface area contributed by atoms with Gasteiger partial charge in [-0.25, -0.2) is 13.2 Å². The highest BCUT2D eigenvalue weighted by molar-refractivity contribution is 9.10. The van der Waals surface area contributed by atoms with E-state index in [9.17, 15) is 13.2 Å². The van der Waals surface area contributed by atoms with E-state index < -0.39 is 17.5 Å². The van der Waals surface area contributed by atoms with E-state index in [0.29, 0.717) is 5.56 Å². The van der Waals surface area contributed by atoms with Gasteiger partial charge in [-0.3, -0.25) is 0 Å². The summed E-state index contributed by atoms with van der Waals surface area (Å²) in [7, 11) is 0. The molecule has 4 heteroatoms. The van der Waals surface area contributed by atoms with E-state index >= 15 is 0 Å². The van der Waals surface area contributed by atoms with Crippen LogP contribution in [0.25, 0.3) is 11.1 Å². The number of fused-ring (bicyclic) bond motifs is 2. The molecule has 0 radical (unpaired) electrons. The molecule has 0 nitrogen and oxygen atoms in total. The number of aryl methyl sites for hydroxylation is 2. The second-order valence-electron chi connectivity index (χ2n) is 7.99. The lowest BCUT2D eigenvalue weighted by Gasteiger charge is -2.19. The molecule has 0 spiro atoms. The Morgan fingerprint density at radius 1 is 0.633 bits per heavy atom. The second-order valence-corrected chi connectivity index (χ2v) is 8.84. The van der Waals surface area contributed by atoms with Crippen molar-refractivity contribution >= 4 is 15.9 Å². The predicted molar refractivity (Wildman–Crippen MR) is 119 cm³/mol. The Morgan fingerprint density at radius 2 is 1.17 bits per heavy atom. The molecule has 0 bridgehead atoms. The molecule has 0 unspecified atom stereocenters. The molecule has 0 fully saturated rings. The Morgan fingerprint density at radius 3 is 1.80 bits per heavy atom. The predicted octanol–water partition coefficient (Wildman–Crippen LogP) is 7.98. The topological polar surface area (TPSA) is 0 Å². The summed E-state index contributed by atoms with van der Waals surface area (Å²) in [4.78, 5) is 0. The summed E-state index contributed by atoms with van der Waals surface area (Å²) in [6, 6.07) is 14.5. The van der Waals surface area contributed by atoms with Gasteiger partial charge >= 0.3 is 0 Å². The summed E-state index contributed by atoms with van der Waals surface area (Å²) in [6.07, 6.45) is 9.38. The fraction of sp³-hybridized carbons (Fsp3) is 0.308. The van der Waals surface area contributed by atoms with Crippen LogP contribution in [-0.4, -0.2) is 0 Å². The Hall–Kier alpha value is -2.07. The first-order valence-electron chi connectivity index (χ1n) is 10.6. The molecular weight excluding hydrogens is 449 g/mol. The van der Waals surface area contributed by atoms with Crippen molar-refractivity contribution in [2.75, 3.05) is 0 Å². The van der Waals surface area contributed by atoms with Crippen molar-refractivity contribution in [3.05, 3.63) is 92.7 Å². The first kappa shape index (κ1) is 21.2. The molecule has 0 N–H and O–H groups in total.